The van der Waals surface area contributed by atoms with Crippen LogP contribution in [0.5, 0.6) is 16.8 Å². The molecule has 1 N–H and O–H groups in total. The van der Waals surface area contributed by atoms with Gasteiger partial charge in [0.2, 0.25) is 11.0 Å². The lowest BCUT2D eigenvalue weighted by atomic mass is 10.00. The molecule has 4 aromatic rings. The van der Waals surface area contributed by atoms with Crippen LogP contribution >= 0.6 is 22.9 Å². The van der Waals surface area contributed by atoms with Crippen molar-refractivity contribution in [2.45, 2.75) is 6.61 Å². The predicted molar refractivity (Wildman–Crippen MR) is 124 cm³/mol. The summed E-state index contributed by atoms with van der Waals surface area (Å²) in [5.74, 6) is 0.574. The highest BCUT2D eigenvalue weighted by atomic mass is 35.5. The van der Waals surface area contributed by atoms with Crippen LogP contribution in [0.4, 0.5) is 5.13 Å². The first-order valence-electron chi connectivity index (χ1n) is 9.63. The maximum atomic E-state index is 13.1. The van der Waals surface area contributed by atoms with Gasteiger partial charge >= 0.3 is 0 Å². The molecule has 0 spiro atoms. The molecule has 11 heteroatoms. The first-order chi connectivity index (χ1) is 16.1. The molecule has 1 amide bonds. The summed E-state index contributed by atoms with van der Waals surface area (Å²) in [6.45, 7) is 0.195. The summed E-state index contributed by atoms with van der Waals surface area (Å²) in [7, 11) is 3.08. The van der Waals surface area contributed by atoms with Crippen molar-refractivity contribution in [2.24, 2.45) is 0 Å². The Morgan fingerprint density at radius 3 is 2.64 bits per heavy atom. The van der Waals surface area contributed by atoms with E-state index in [0.29, 0.717) is 38.7 Å². The number of methoxy groups -OCH3 is 2. The number of carbonyl (C=O) groups is 1. The van der Waals surface area contributed by atoms with Gasteiger partial charge in [0.15, 0.2) is 0 Å². The number of ether oxygens (including phenoxy) is 3. The van der Waals surface area contributed by atoms with Crippen LogP contribution in [0, 0.1) is 0 Å². The van der Waals surface area contributed by atoms with Crippen LogP contribution in [0.25, 0.3) is 11.1 Å². The quantitative estimate of drug-likeness (QED) is 0.390. The lowest BCUT2D eigenvalue weighted by Gasteiger charge is -2.13. The number of nitrogens with one attached hydrogen (secondary N) is 1. The third kappa shape index (κ3) is 5.36. The monoisotopic (exact) mass is 483 g/mol. The van der Waals surface area contributed by atoms with Crippen LogP contribution in [-0.4, -0.2) is 40.3 Å². The summed E-state index contributed by atoms with van der Waals surface area (Å²) < 4.78 is 16.3. The number of hydrogen-bond acceptors (Lipinski definition) is 9. The minimum atomic E-state index is -0.409. The van der Waals surface area contributed by atoms with E-state index in [1.54, 1.807) is 25.3 Å². The number of hydrogen-bond donors (Lipinski definition) is 1. The van der Waals surface area contributed by atoms with E-state index in [-0.39, 0.29) is 11.7 Å². The molecule has 0 bridgehead atoms. The Bertz CT molecular complexity index is 1270. The molecule has 0 radical (unpaired) electrons. The Labute approximate surface area is 198 Å². The number of para-hydroxylation sites is 1. The van der Waals surface area contributed by atoms with Crippen LogP contribution in [-0.2, 0) is 6.61 Å². The number of amides is 1. The summed E-state index contributed by atoms with van der Waals surface area (Å²) in [5.41, 5.74) is 2.34. The second-order valence-corrected chi connectivity index (χ2v) is 7.93. The topological polar surface area (TPSA) is 108 Å². The van der Waals surface area contributed by atoms with Crippen LogP contribution < -0.4 is 19.5 Å². The van der Waals surface area contributed by atoms with Gasteiger partial charge < -0.3 is 14.2 Å². The van der Waals surface area contributed by atoms with Crippen LogP contribution in [0.15, 0.2) is 54.9 Å². The van der Waals surface area contributed by atoms with Gasteiger partial charge in [0, 0.05) is 29.6 Å². The zero-order valence-corrected chi connectivity index (χ0v) is 19.2. The normalized spacial score (nSPS) is 10.5. The van der Waals surface area contributed by atoms with E-state index < -0.39 is 5.91 Å². The Hall–Kier alpha value is -3.76. The first kappa shape index (κ1) is 22.4. The highest BCUT2D eigenvalue weighted by molar-refractivity contribution is 7.17. The van der Waals surface area contributed by atoms with Gasteiger partial charge in [-0.25, -0.2) is 4.98 Å². The fraction of sp³-hybridized carbons (Fsp3) is 0.136. The van der Waals surface area contributed by atoms with E-state index in [0.717, 1.165) is 16.9 Å². The number of carbonyl (C=O) groups excluding carboxylic acids is 1. The minimum Gasteiger partial charge on any atom is -0.496 e. The zero-order valence-electron chi connectivity index (χ0n) is 17.6. The fourth-order valence-electron chi connectivity index (χ4n) is 2.93. The third-order valence-electron chi connectivity index (χ3n) is 4.49. The highest BCUT2D eigenvalue weighted by Crippen LogP contribution is 2.34. The predicted octanol–water partition coefficient (Wildman–Crippen LogP) is 4.50. The van der Waals surface area contributed by atoms with E-state index >= 15 is 0 Å². The Morgan fingerprint density at radius 1 is 1.03 bits per heavy atom. The largest absolute Gasteiger partial charge is 0.496 e. The molecule has 3 heterocycles. The van der Waals surface area contributed by atoms with Gasteiger partial charge in [-0.3, -0.25) is 15.1 Å². The van der Waals surface area contributed by atoms with Crippen molar-refractivity contribution >= 4 is 34.0 Å². The van der Waals surface area contributed by atoms with E-state index in [1.807, 2.05) is 24.3 Å². The molecular weight excluding hydrogens is 466 g/mol. The van der Waals surface area contributed by atoms with Gasteiger partial charge in [0.05, 0.1) is 30.5 Å². The fourth-order valence-corrected chi connectivity index (χ4v) is 3.63. The average Bonchev–Trinajstić information content (AvgIpc) is 3.30. The molecular formula is C22H18ClN5O4S. The van der Waals surface area contributed by atoms with Crippen molar-refractivity contribution < 1.29 is 19.0 Å². The van der Waals surface area contributed by atoms with Crippen LogP contribution in [0.1, 0.15) is 16.1 Å². The first-order valence-corrected chi connectivity index (χ1v) is 10.8. The van der Waals surface area contributed by atoms with Gasteiger partial charge in [0.1, 0.15) is 12.4 Å². The molecule has 168 valence electrons. The van der Waals surface area contributed by atoms with Gasteiger partial charge in [-0.1, -0.05) is 34.9 Å². The van der Waals surface area contributed by atoms with Crippen molar-refractivity contribution in [1.29, 1.82) is 0 Å². The molecule has 0 atom stereocenters. The third-order valence-corrected chi connectivity index (χ3v) is 5.46. The molecule has 0 saturated carbocycles. The maximum Gasteiger partial charge on any atom is 0.296 e. The van der Waals surface area contributed by atoms with E-state index in [2.05, 4.69) is 25.5 Å². The lowest BCUT2D eigenvalue weighted by Crippen LogP contribution is -2.14. The molecule has 1 aromatic carbocycles. The second kappa shape index (κ2) is 10.2. The second-order valence-electron chi connectivity index (χ2n) is 6.56. The van der Waals surface area contributed by atoms with Crippen molar-refractivity contribution in [1.82, 2.24) is 20.2 Å². The smallest absolute Gasteiger partial charge is 0.296 e. The number of pyridine rings is 2. The molecule has 0 fully saturated rings. The summed E-state index contributed by atoms with van der Waals surface area (Å²) in [4.78, 5) is 21.4. The molecule has 0 saturated heterocycles. The number of nitrogens with zero attached hydrogens (tertiary/aromatic N) is 4. The Kier molecular flexibility index (Phi) is 6.96. The van der Waals surface area contributed by atoms with Crippen LogP contribution in [0.3, 0.4) is 0 Å². The molecule has 0 unspecified atom stereocenters. The van der Waals surface area contributed by atoms with Gasteiger partial charge in [0.25, 0.3) is 11.1 Å². The highest BCUT2D eigenvalue weighted by Gasteiger charge is 2.19. The van der Waals surface area contributed by atoms with Crippen molar-refractivity contribution in [3.8, 4) is 28.0 Å². The summed E-state index contributed by atoms with van der Waals surface area (Å²) in [5, 5.41) is 11.8. The molecule has 0 aliphatic heterocycles. The van der Waals surface area contributed by atoms with E-state index in [4.69, 9.17) is 25.8 Å². The average molecular weight is 484 g/mol. The minimum absolute atomic E-state index is 0.195. The number of aromatic nitrogens is 4. The van der Waals surface area contributed by atoms with Gasteiger partial charge in [-0.2, -0.15) is 0 Å². The Balaban J connectivity index is 1.52. The standard InChI is InChI=1S/C22H18ClN5O4S/c1-30-18-6-4-3-5-15(18)16-9-19(31-2)25-11-17(16)20(29)26-21-27-28-22(33-21)32-12-14-8-7-13(23)10-24-14/h3-11H,12H2,1-2H3,(H,26,27,29). The van der Waals surface area contributed by atoms with E-state index in [1.165, 1.54) is 19.5 Å². The van der Waals surface area contributed by atoms with Crippen molar-refractivity contribution in [3.05, 3.63) is 71.1 Å². The SMILES string of the molecule is COc1cc(-c2ccccc2OC)c(C(=O)Nc2nnc(OCc3ccc(Cl)cn3)s2)cn1. The molecule has 3 aromatic heterocycles. The molecule has 0 aliphatic rings. The Morgan fingerprint density at radius 2 is 1.88 bits per heavy atom. The molecule has 33 heavy (non-hydrogen) atoms. The summed E-state index contributed by atoms with van der Waals surface area (Å²) in [6.07, 6.45) is 2.98. The number of rotatable bonds is 8. The van der Waals surface area contributed by atoms with Gasteiger partial charge in [-0.15, -0.1) is 5.10 Å². The molecule has 9 nitrogen and oxygen atoms in total. The number of halogens is 1. The van der Waals surface area contributed by atoms with Crippen molar-refractivity contribution in [2.75, 3.05) is 19.5 Å². The van der Waals surface area contributed by atoms with Crippen LogP contribution in [0.2, 0.25) is 5.02 Å². The summed E-state index contributed by atoms with van der Waals surface area (Å²) >= 11 is 6.93. The number of benzene rings is 1. The van der Waals surface area contributed by atoms with Gasteiger partial charge in [-0.05, 0) is 29.5 Å². The maximum absolute atomic E-state index is 13.1. The van der Waals surface area contributed by atoms with Crippen molar-refractivity contribution in [3.63, 3.8) is 0 Å². The molecule has 4 rings (SSSR count). The number of anilines is 1. The molecule has 0 aliphatic carbocycles. The zero-order chi connectivity index (χ0) is 23.2. The van der Waals surface area contributed by atoms with E-state index in [9.17, 15) is 4.79 Å². The summed E-state index contributed by atoms with van der Waals surface area (Å²) in [6, 6.07) is 12.5. The lowest BCUT2D eigenvalue weighted by molar-refractivity contribution is 0.102.